The molecule has 0 spiro atoms. The standard InChI is InChI=1S/C18H25N3O4/c1-23-16-3-2-15(5-7-20-18(22)4-6-19)14-17(16)25-13-10-21-8-11-24-12-9-21/h2-3,14H,4-5,7-13H2,1H3,(H,20,22). The van der Waals surface area contributed by atoms with Crippen LogP contribution in [0.2, 0.25) is 0 Å². The van der Waals surface area contributed by atoms with Gasteiger partial charge in [0.1, 0.15) is 13.0 Å². The van der Waals surface area contributed by atoms with Crippen LogP contribution in [0.15, 0.2) is 18.2 Å². The fourth-order valence-corrected chi connectivity index (χ4v) is 2.58. The zero-order chi connectivity index (χ0) is 17.9. The molecule has 7 heteroatoms. The van der Waals surface area contributed by atoms with Gasteiger partial charge in [0.15, 0.2) is 11.5 Å². The minimum atomic E-state index is -0.252. The van der Waals surface area contributed by atoms with Gasteiger partial charge < -0.3 is 19.5 Å². The SMILES string of the molecule is COc1ccc(CCNC(=O)CC#N)cc1OCCN1CCOCC1. The molecule has 1 aliphatic heterocycles. The average molecular weight is 347 g/mol. The Hall–Kier alpha value is -2.30. The summed E-state index contributed by atoms with van der Waals surface area (Å²) in [6, 6.07) is 7.59. The van der Waals surface area contributed by atoms with E-state index in [1.165, 1.54) is 0 Å². The van der Waals surface area contributed by atoms with Gasteiger partial charge in [-0.15, -0.1) is 0 Å². The Morgan fingerprint density at radius 1 is 1.36 bits per heavy atom. The maximum absolute atomic E-state index is 11.3. The summed E-state index contributed by atoms with van der Waals surface area (Å²) in [4.78, 5) is 13.6. The number of hydrogen-bond donors (Lipinski definition) is 1. The molecule has 7 nitrogen and oxygen atoms in total. The summed E-state index contributed by atoms with van der Waals surface area (Å²) in [5.41, 5.74) is 1.04. The number of nitriles is 1. The number of rotatable bonds is 9. The summed E-state index contributed by atoms with van der Waals surface area (Å²) in [7, 11) is 1.62. The summed E-state index contributed by atoms with van der Waals surface area (Å²) >= 11 is 0. The second kappa shape index (κ2) is 10.5. The van der Waals surface area contributed by atoms with E-state index in [0.29, 0.717) is 31.1 Å². The first-order valence-electron chi connectivity index (χ1n) is 8.46. The molecule has 0 radical (unpaired) electrons. The topological polar surface area (TPSA) is 83.8 Å². The highest BCUT2D eigenvalue weighted by molar-refractivity contribution is 5.77. The molecule has 25 heavy (non-hydrogen) atoms. The first-order valence-corrected chi connectivity index (χ1v) is 8.46. The second-order valence-electron chi connectivity index (χ2n) is 5.72. The molecule has 1 saturated heterocycles. The van der Waals surface area contributed by atoms with Gasteiger partial charge in [-0.1, -0.05) is 6.07 Å². The number of hydrogen-bond acceptors (Lipinski definition) is 6. The van der Waals surface area contributed by atoms with Gasteiger partial charge in [-0.05, 0) is 24.1 Å². The van der Waals surface area contributed by atoms with Gasteiger partial charge in [-0.25, -0.2) is 0 Å². The number of ether oxygens (including phenoxy) is 3. The lowest BCUT2D eigenvalue weighted by molar-refractivity contribution is -0.120. The van der Waals surface area contributed by atoms with E-state index in [-0.39, 0.29) is 12.3 Å². The van der Waals surface area contributed by atoms with Gasteiger partial charge in [0, 0.05) is 26.2 Å². The Kier molecular flexibility index (Phi) is 8.02. The van der Waals surface area contributed by atoms with Gasteiger partial charge >= 0.3 is 0 Å². The summed E-state index contributed by atoms with van der Waals surface area (Å²) in [5.74, 6) is 1.15. The number of nitrogens with zero attached hydrogens (tertiary/aromatic N) is 2. The van der Waals surface area contributed by atoms with Gasteiger partial charge in [0.25, 0.3) is 0 Å². The van der Waals surface area contributed by atoms with Crippen LogP contribution in [-0.4, -0.2) is 63.9 Å². The molecule has 0 aromatic heterocycles. The van der Waals surface area contributed by atoms with Crippen LogP contribution in [0, 0.1) is 11.3 Å². The molecular formula is C18H25N3O4. The molecule has 1 N–H and O–H groups in total. The Balaban J connectivity index is 1.83. The lowest BCUT2D eigenvalue weighted by Crippen LogP contribution is -2.38. The van der Waals surface area contributed by atoms with Crippen LogP contribution < -0.4 is 14.8 Å². The van der Waals surface area contributed by atoms with Crippen molar-refractivity contribution >= 4 is 5.91 Å². The largest absolute Gasteiger partial charge is 0.493 e. The molecule has 1 amide bonds. The molecule has 0 bridgehead atoms. The molecule has 136 valence electrons. The van der Waals surface area contributed by atoms with E-state index in [1.54, 1.807) is 7.11 Å². The predicted molar refractivity (Wildman–Crippen MR) is 92.7 cm³/mol. The predicted octanol–water partition coefficient (Wildman–Crippen LogP) is 0.979. The van der Waals surface area contributed by atoms with Crippen molar-refractivity contribution in [3.8, 4) is 17.6 Å². The molecule has 0 aliphatic carbocycles. The lowest BCUT2D eigenvalue weighted by Gasteiger charge is -2.26. The van der Waals surface area contributed by atoms with Crippen molar-refractivity contribution in [2.45, 2.75) is 12.8 Å². The molecule has 2 rings (SSSR count). The zero-order valence-electron chi connectivity index (χ0n) is 14.6. The number of methoxy groups -OCH3 is 1. The first-order chi connectivity index (χ1) is 12.2. The third-order valence-corrected chi connectivity index (χ3v) is 3.97. The van der Waals surface area contributed by atoms with Crippen LogP contribution in [0.3, 0.4) is 0 Å². The highest BCUT2D eigenvalue weighted by atomic mass is 16.5. The number of nitrogens with one attached hydrogen (secondary N) is 1. The third-order valence-electron chi connectivity index (χ3n) is 3.97. The number of morpholine rings is 1. The summed E-state index contributed by atoms with van der Waals surface area (Å²) in [6.45, 7) is 5.33. The van der Waals surface area contributed by atoms with E-state index in [4.69, 9.17) is 19.5 Å². The average Bonchev–Trinajstić information content (AvgIpc) is 2.63. The molecule has 1 aromatic rings. The maximum Gasteiger partial charge on any atom is 0.234 e. The minimum absolute atomic E-state index is 0.113. The van der Waals surface area contributed by atoms with Crippen molar-refractivity contribution in [3.63, 3.8) is 0 Å². The van der Waals surface area contributed by atoms with Crippen LogP contribution in [0.1, 0.15) is 12.0 Å². The third kappa shape index (κ3) is 6.61. The van der Waals surface area contributed by atoms with Crippen molar-refractivity contribution in [1.82, 2.24) is 10.2 Å². The van der Waals surface area contributed by atoms with Crippen molar-refractivity contribution in [1.29, 1.82) is 5.26 Å². The lowest BCUT2D eigenvalue weighted by atomic mass is 10.1. The number of carbonyl (C=O) groups excluding carboxylic acids is 1. The number of amides is 1. The Morgan fingerprint density at radius 3 is 2.88 bits per heavy atom. The van der Waals surface area contributed by atoms with Crippen LogP contribution in [0.5, 0.6) is 11.5 Å². The minimum Gasteiger partial charge on any atom is -0.493 e. The van der Waals surface area contributed by atoms with E-state index in [9.17, 15) is 4.79 Å². The van der Waals surface area contributed by atoms with Crippen molar-refractivity contribution in [2.24, 2.45) is 0 Å². The number of carbonyl (C=O) groups is 1. The summed E-state index contributed by atoms with van der Waals surface area (Å²) in [6.07, 6.45) is 0.555. The normalized spacial score (nSPS) is 14.6. The van der Waals surface area contributed by atoms with Crippen molar-refractivity contribution in [3.05, 3.63) is 23.8 Å². The van der Waals surface area contributed by atoms with E-state index in [2.05, 4.69) is 10.2 Å². The summed E-state index contributed by atoms with van der Waals surface area (Å²) < 4.78 is 16.6. The molecule has 0 saturated carbocycles. The molecule has 0 unspecified atom stereocenters. The summed E-state index contributed by atoms with van der Waals surface area (Å²) in [5, 5.41) is 11.2. The van der Waals surface area contributed by atoms with E-state index in [0.717, 1.165) is 38.4 Å². The molecule has 1 aromatic carbocycles. The van der Waals surface area contributed by atoms with Crippen LogP contribution >= 0.6 is 0 Å². The number of benzene rings is 1. The van der Waals surface area contributed by atoms with E-state index >= 15 is 0 Å². The fourth-order valence-electron chi connectivity index (χ4n) is 2.58. The highest BCUT2D eigenvalue weighted by Gasteiger charge is 2.11. The van der Waals surface area contributed by atoms with E-state index in [1.807, 2.05) is 24.3 Å². The second-order valence-corrected chi connectivity index (χ2v) is 5.72. The monoisotopic (exact) mass is 347 g/mol. The fraction of sp³-hybridized carbons (Fsp3) is 0.556. The van der Waals surface area contributed by atoms with Crippen molar-refractivity contribution < 1.29 is 19.0 Å². The van der Waals surface area contributed by atoms with Crippen molar-refractivity contribution in [2.75, 3.05) is 53.1 Å². The highest BCUT2D eigenvalue weighted by Crippen LogP contribution is 2.28. The van der Waals surface area contributed by atoms with Gasteiger partial charge in [-0.2, -0.15) is 5.26 Å². The molecule has 1 fully saturated rings. The Morgan fingerprint density at radius 2 is 2.16 bits per heavy atom. The maximum atomic E-state index is 11.3. The van der Waals surface area contributed by atoms with E-state index < -0.39 is 0 Å². The Labute approximate surface area is 148 Å². The molecule has 1 heterocycles. The quantitative estimate of drug-likeness (QED) is 0.717. The molecular weight excluding hydrogens is 322 g/mol. The smallest absolute Gasteiger partial charge is 0.234 e. The van der Waals surface area contributed by atoms with Crippen LogP contribution in [-0.2, 0) is 16.0 Å². The van der Waals surface area contributed by atoms with Crippen LogP contribution in [0.25, 0.3) is 0 Å². The zero-order valence-corrected chi connectivity index (χ0v) is 14.6. The Bertz CT molecular complexity index is 594. The van der Waals surface area contributed by atoms with Gasteiger partial charge in [0.2, 0.25) is 5.91 Å². The van der Waals surface area contributed by atoms with Gasteiger partial charge in [0.05, 0.1) is 26.4 Å². The molecule has 0 atom stereocenters. The van der Waals surface area contributed by atoms with Crippen LogP contribution in [0.4, 0.5) is 0 Å². The molecule has 1 aliphatic rings. The van der Waals surface area contributed by atoms with Gasteiger partial charge in [-0.3, -0.25) is 9.69 Å². The first kappa shape index (κ1) is 19.0.